The van der Waals surface area contributed by atoms with Crippen LogP contribution in [0.1, 0.15) is 28.1 Å². The predicted molar refractivity (Wildman–Crippen MR) is 123 cm³/mol. The average Bonchev–Trinajstić information content (AvgIpc) is 3.38. The van der Waals surface area contributed by atoms with Gasteiger partial charge < -0.3 is 20.2 Å². The first-order valence-corrected chi connectivity index (χ1v) is 11.6. The minimum Gasteiger partial charge on any atom is -0.480 e. The largest absolute Gasteiger partial charge is 0.490 e. The van der Waals surface area contributed by atoms with Crippen LogP contribution in [-0.4, -0.2) is 91.9 Å². The van der Waals surface area contributed by atoms with E-state index in [-0.39, 0.29) is 11.9 Å². The number of carbonyl (C=O) groups excluding carboxylic acids is 1. The van der Waals surface area contributed by atoms with Gasteiger partial charge in [-0.2, -0.15) is 26.3 Å². The summed E-state index contributed by atoms with van der Waals surface area (Å²) in [6.07, 6.45) is -5.42. The first kappa shape index (κ1) is 33.3. The maximum absolute atomic E-state index is 12.6. The summed E-state index contributed by atoms with van der Waals surface area (Å²) in [6.45, 7) is 1.17. The van der Waals surface area contributed by atoms with Crippen LogP contribution < -0.4 is 0 Å². The Morgan fingerprint density at radius 2 is 1.59 bits per heavy atom. The Bertz CT molecular complexity index is 1070. The van der Waals surface area contributed by atoms with Gasteiger partial charge in [-0.25, -0.2) is 14.4 Å². The summed E-state index contributed by atoms with van der Waals surface area (Å²) in [5.41, 5.74) is 1.09. The number of likely N-dealkylation sites (tertiary alicyclic amines) is 1. The number of aliphatic carboxylic acids is 3. The van der Waals surface area contributed by atoms with Crippen LogP contribution in [-0.2, 0) is 20.9 Å². The first-order chi connectivity index (χ1) is 17.9. The molecule has 0 bridgehead atoms. The molecule has 1 fully saturated rings. The zero-order chi connectivity index (χ0) is 30.0. The predicted octanol–water partition coefficient (Wildman–Crippen LogP) is 3.60. The molecule has 216 valence electrons. The van der Waals surface area contributed by atoms with Crippen LogP contribution in [0.5, 0.6) is 0 Å². The lowest BCUT2D eigenvalue weighted by Crippen LogP contribution is -2.54. The molecule has 0 radical (unpaired) electrons. The van der Waals surface area contributed by atoms with Gasteiger partial charge in [0.15, 0.2) is 0 Å². The molecule has 2 atom stereocenters. The standard InChI is InChI=1S/C18H21N3O3S.2C2HF3O2/c1-20(12-13-4-2-7-19-11-13)14-6-8-21(15(10-14)18(23)24)17(22)16-5-3-9-25-16;2*3-2(4,5)1(6)7/h2-5,7,9,11,14-15H,6,8,10,12H2,1H3,(H,23,24);2*(H,6,7). The molecule has 2 aromatic rings. The number of hydrogen-bond donors (Lipinski definition) is 3. The second kappa shape index (κ2) is 14.4. The molecule has 39 heavy (non-hydrogen) atoms. The second-order valence-corrected chi connectivity index (χ2v) is 8.84. The highest BCUT2D eigenvalue weighted by atomic mass is 32.1. The molecule has 1 amide bonds. The molecule has 2 unspecified atom stereocenters. The Balaban J connectivity index is 0.000000449. The molecule has 3 heterocycles. The van der Waals surface area contributed by atoms with E-state index in [4.69, 9.17) is 19.8 Å². The summed E-state index contributed by atoms with van der Waals surface area (Å²) in [5.74, 6) is -6.64. The van der Waals surface area contributed by atoms with Gasteiger partial charge in [0.1, 0.15) is 6.04 Å². The van der Waals surface area contributed by atoms with Crippen LogP contribution in [0.15, 0.2) is 42.0 Å². The van der Waals surface area contributed by atoms with E-state index in [1.54, 1.807) is 12.3 Å². The maximum atomic E-state index is 12.6. The minimum absolute atomic E-state index is 0.119. The van der Waals surface area contributed by atoms with Crippen molar-refractivity contribution in [2.75, 3.05) is 13.6 Å². The van der Waals surface area contributed by atoms with Crippen molar-refractivity contribution < 1.29 is 60.8 Å². The number of carboxylic acids is 3. The van der Waals surface area contributed by atoms with Crippen LogP contribution in [0, 0.1) is 0 Å². The summed E-state index contributed by atoms with van der Waals surface area (Å²) in [4.78, 5) is 50.5. The molecule has 3 rings (SSSR count). The lowest BCUT2D eigenvalue weighted by atomic mass is 9.95. The molecule has 1 aliphatic heterocycles. The van der Waals surface area contributed by atoms with E-state index < -0.39 is 36.3 Å². The molecule has 1 saturated heterocycles. The highest BCUT2D eigenvalue weighted by Gasteiger charge is 2.39. The highest BCUT2D eigenvalue weighted by Crippen LogP contribution is 2.25. The van der Waals surface area contributed by atoms with Crippen molar-refractivity contribution in [2.45, 2.75) is 43.8 Å². The van der Waals surface area contributed by atoms with Crippen LogP contribution >= 0.6 is 11.3 Å². The van der Waals surface area contributed by atoms with E-state index >= 15 is 0 Å². The molecule has 3 N–H and O–H groups in total. The maximum Gasteiger partial charge on any atom is 0.490 e. The average molecular weight is 587 g/mol. The number of nitrogens with zero attached hydrogens (tertiary/aromatic N) is 3. The number of pyridine rings is 1. The number of halogens is 6. The summed E-state index contributed by atoms with van der Waals surface area (Å²) >= 11 is 1.35. The third-order valence-corrected chi connectivity index (χ3v) is 5.97. The molecule has 0 aromatic carbocycles. The van der Waals surface area contributed by atoms with E-state index in [0.717, 1.165) is 12.0 Å². The van der Waals surface area contributed by atoms with Crippen molar-refractivity contribution >= 4 is 35.2 Å². The van der Waals surface area contributed by atoms with Gasteiger partial charge in [0, 0.05) is 31.5 Å². The number of amides is 1. The molecule has 1 aliphatic rings. The van der Waals surface area contributed by atoms with E-state index in [1.165, 1.54) is 16.2 Å². The number of carboxylic acid groups (broad SMARTS) is 3. The third kappa shape index (κ3) is 11.3. The van der Waals surface area contributed by atoms with Gasteiger partial charge in [0.05, 0.1) is 4.88 Å². The van der Waals surface area contributed by atoms with Crippen molar-refractivity contribution in [2.24, 2.45) is 0 Å². The minimum atomic E-state index is -5.08. The monoisotopic (exact) mass is 587 g/mol. The zero-order valence-corrected chi connectivity index (χ0v) is 20.8. The van der Waals surface area contributed by atoms with Crippen LogP contribution in [0.2, 0.25) is 0 Å². The number of alkyl halides is 6. The van der Waals surface area contributed by atoms with Crippen LogP contribution in [0.25, 0.3) is 0 Å². The smallest absolute Gasteiger partial charge is 0.480 e. The Hall–Kier alpha value is -3.73. The molecular weight excluding hydrogens is 564 g/mol. The van der Waals surface area contributed by atoms with Gasteiger partial charge in [-0.15, -0.1) is 11.3 Å². The van der Waals surface area contributed by atoms with Crippen LogP contribution in [0.4, 0.5) is 26.3 Å². The second-order valence-electron chi connectivity index (χ2n) is 7.89. The molecule has 2 aromatic heterocycles. The summed E-state index contributed by atoms with van der Waals surface area (Å²) in [5, 5.41) is 25.7. The Morgan fingerprint density at radius 3 is 2.00 bits per heavy atom. The van der Waals surface area contributed by atoms with Gasteiger partial charge in [0.25, 0.3) is 5.91 Å². The molecular formula is C22H23F6N3O7S. The zero-order valence-electron chi connectivity index (χ0n) is 20.0. The summed E-state index contributed by atoms with van der Waals surface area (Å²) in [6, 6.07) is 6.78. The third-order valence-electron chi connectivity index (χ3n) is 5.12. The molecule has 17 heteroatoms. The van der Waals surface area contributed by atoms with Gasteiger partial charge in [0.2, 0.25) is 0 Å². The van der Waals surface area contributed by atoms with Crippen LogP contribution in [0.3, 0.4) is 0 Å². The molecule has 0 spiro atoms. The Kier molecular flexibility index (Phi) is 12.3. The normalized spacial score (nSPS) is 17.3. The lowest BCUT2D eigenvalue weighted by Gasteiger charge is -2.40. The van der Waals surface area contributed by atoms with E-state index in [0.29, 0.717) is 24.4 Å². The highest BCUT2D eigenvalue weighted by molar-refractivity contribution is 7.12. The SMILES string of the molecule is CN(Cc1cccnc1)C1CCN(C(=O)c2cccs2)C(C(=O)O)C1.O=C(O)C(F)(F)F.O=C(O)C(F)(F)F. The van der Waals surface area contributed by atoms with Crippen molar-refractivity contribution in [1.82, 2.24) is 14.8 Å². The molecule has 0 saturated carbocycles. The lowest BCUT2D eigenvalue weighted by molar-refractivity contribution is -0.193. The number of hydrogen-bond acceptors (Lipinski definition) is 7. The van der Waals surface area contributed by atoms with E-state index in [9.17, 15) is 41.0 Å². The molecule has 10 nitrogen and oxygen atoms in total. The number of piperidine rings is 1. The van der Waals surface area contributed by atoms with Crippen molar-refractivity contribution in [3.05, 3.63) is 52.5 Å². The Labute approximate surface area is 221 Å². The fourth-order valence-electron chi connectivity index (χ4n) is 3.27. The van der Waals surface area contributed by atoms with Gasteiger partial charge in [-0.05, 0) is 43.0 Å². The number of thiophene rings is 1. The number of rotatable bonds is 5. The quantitative estimate of drug-likeness (QED) is 0.446. The Morgan fingerprint density at radius 1 is 1.03 bits per heavy atom. The van der Waals surface area contributed by atoms with Crippen molar-refractivity contribution in [1.29, 1.82) is 0 Å². The summed E-state index contributed by atoms with van der Waals surface area (Å²) in [7, 11) is 1.99. The van der Waals surface area contributed by atoms with E-state index in [1.807, 2.05) is 36.8 Å². The fraction of sp³-hybridized carbons (Fsp3) is 0.409. The first-order valence-electron chi connectivity index (χ1n) is 10.7. The van der Waals surface area contributed by atoms with E-state index in [2.05, 4.69) is 9.88 Å². The van der Waals surface area contributed by atoms with Crippen molar-refractivity contribution in [3.8, 4) is 0 Å². The van der Waals surface area contributed by atoms with Gasteiger partial charge in [-0.3, -0.25) is 14.7 Å². The van der Waals surface area contributed by atoms with Crippen molar-refractivity contribution in [3.63, 3.8) is 0 Å². The fourth-order valence-corrected chi connectivity index (χ4v) is 3.95. The van der Waals surface area contributed by atoms with Gasteiger partial charge >= 0.3 is 30.3 Å². The van der Waals surface area contributed by atoms with Gasteiger partial charge in [-0.1, -0.05) is 12.1 Å². The number of aromatic nitrogens is 1. The number of carbonyl (C=O) groups is 4. The topological polar surface area (TPSA) is 148 Å². The summed E-state index contributed by atoms with van der Waals surface area (Å²) < 4.78 is 63.5. The molecule has 0 aliphatic carbocycles.